The molecule has 0 unspecified atom stereocenters. The van der Waals surface area contributed by atoms with Gasteiger partial charge in [-0.1, -0.05) is 0 Å². The maximum Gasteiger partial charge on any atom is 0.267 e. The largest absolute Gasteiger partial charge is 0.497 e. The number of rotatable bonds is 4. The number of thiazole rings is 1. The van der Waals surface area contributed by atoms with E-state index in [4.69, 9.17) is 4.74 Å². The summed E-state index contributed by atoms with van der Waals surface area (Å²) in [6.07, 6.45) is 0. The van der Waals surface area contributed by atoms with Gasteiger partial charge in [-0.2, -0.15) is 5.10 Å². The number of nitrogens with one attached hydrogen (secondary N) is 1. The average Bonchev–Trinajstić information content (AvgIpc) is 3.34. The first kappa shape index (κ1) is 16.7. The normalized spacial score (nSPS) is 11.0. The van der Waals surface area contributed by atoms with Crippen LogP contribution >= 0.6 is 22.7 Å². The van der Waals surface area contributed by atoms with E-state index in [0.717, 1.165) is 32.9 Å². The highest BCUT2D eigenvalue weighted by Gasteiger charge is 2.16. The average molecular weight is 384 g/mol. The van der Waals surface area contributed by atoms with Crippen LogP contribution < -0.4 is 10.1 Å². The van der Waals surface area contributed by atoms with E-state index < -0.39 is 0 Å². The molecular formula is C18H16N4O2S2. The van der Waals surface area contributed by atoms with Crippen molar-refractivity contribution in [2.45, 2.75) is 6.92 Å². The van der Waals surface area contributed by atoms with Crippen LogP contribution in [0.4, 0.5) is 5.13 Å². The van der Waals surface area contributed by atoms with Gasteiger partial charge in [0, 0.05) is 23.4 Å². The van der Waals surface area contributed by atoms with Crippen LogP contribution in [0.1, 0.15) is 15.4 Å². The first-order valence-electron chi connectivity index (χ1n) is 7.89. The molecule has 0 aliphatic carbocycles. The third-order valence-corrected chi connectivity index (χ3v) is 5.99. The van der Waals surface area contributed by atoms with Crippen molar-refractivity contribution < 1.29 is 9.53 Å². The van der Waals surface area contributed by atoms with E-state index in [1.54, 1.807) is 11.8 Å². The second-order valence-electron chi connectivity index (χ2n) is 5.76. The van der Waals surface area contributed by atoms with Gasteiger partial charge in [0.1, 0.15) is 10.6 Å². The number of aryl methyl sites for hydroxylation is 2. The first-order chi connectivity index (χ1) is 12.5. The van der Waals surface area contributed by atoms with Crippen LogP contribution in [0, 0.1) is 6.92 Å². The third kappa shape index (κ3) is 2.97. The maximum absolute atomic E-state index is 12.6. The number of methoxy groups -OCH3 is 1. The molecule has 4 rings (SSSR count). The van der Waals surface area contributed by atoms with Crippen molar-refractivity contribution >= 4 is 43.9 Å². The van der Waals surface area contributed by atoms with Crippen molar-refractivity contribution in [2.24, 2.45) is 7.05 Å². The fraction of sp³-hybridized carbons (Fsp3) is 0.167. The molecule has 1 amide bonds. The molecule has 0 saturated carbocycles. The van der Waals surface area contributed by atoms with Crippen molar-refractivity contribution in [3.63, 3.8) is 0 Å². The molecular weight excluding hydrogens is 368 g/mol. The van der Waals surface area contributed by atoms with Gasteiger partial charge < -0.3 is 4.74 Å². The van der Waals surface area contributed by atoms with Gasteiger partial charge in [-0.05, 0) is 37.3 Å². The van der Waals surface area contributed by atoms with Crippen LogP contribution in [0.25, 0.3) is 21.5 Å². The Kier molecular flexibility index (Phi) is 4.21. The van der Waals surface area contributed by atoms with Gasteiger partial charge in [0.25, 0.3) is 5.91 Å². The van der Waals surface area contributed by atoms with Crippen LogP contribution in [-0.4, -0.2) is 27.8 Å². The lowest BCUT2D eigenvalue weighted by Crippen LogP contribution is -2.09. The molecule has 4 aromatic rings. The molecule has 132 valence electrons. The van der Waals surface area contributed by atoms with Crippen LogP contribution in [0.5, 0.6) is 5.75 Å². The number of ether oxygens (including phenoxy) is 1. The third-order valence-electron chi connectivity index (χ3n) is 4.03. The summed E-state index contributed by atoms with van der Waals surface area (Å²) in [6.45, 7) is 1.94. The number of benzene rings is 1. The molecule has 0 spiro atoms. The second kappa shape index (κ2) is 6.54. The summed E-state index contributed by atoms with van der Waals surface area (Å²) in [5.74, 6) is 0.647. The predicted octanol–water partition coefficient (Wildman–Crippen LogP) is 4.33. The van der Waals surface area contributed by atoms with Crippen LogP contribution in [-0.2, 0) is 7.05 Å². The second-order valence-corrected chi connectivity index (χ2v) is 7.65. The molecule has 1 N–H and O–H groups in total. The Morgan fingerprint density at radius 1 is 1.27 bits per heavy atom. The van der Waals surface area contributed by atoms with Crippen molar-refractivity contribution in [3.8, 4) is 17.0 Å². The fourth-order valence-electron chi connectivity index (χ4n) is 2.70. The number of hydrogen-bond acceptors (Lipinski definition) is 6. The van der Waals surface area contributed by atoms with Crippen LogP contribution in [0.2, 0.25) is 0 Å². The molecule has 26 heavy (non-hydrogen) atoms. The molecule has 0 fully saturated rings. The van der Waals surface area contributed by atoms with Crippen molar-refractivity contribution in [1.29, 1.82) is 0 Å². The summed E-state index contributed by atoms with van der Waals surface area (Å²) < 4.78 is 6.97. The van der Waals surface area contributed by atoms with Gasteiger partial charge in [0.2, 0.25) is 0 Å². The Morgan fingerprint density at radius 3 is 2.73 bits per heavy atom. The summed E-state index contributed by atoms with van der Waals surface area (Å²) in [7, 11) is 3.52. The monoisotopic (exact) mass is 384 g/mol. The minimum Gasteiger partial charge on any atom is -0.497 e. The van der Waals surface area contributed by atoms with Crippen molar-refractivity contribution in [1.82, 2.24) is 14.8 Å². The van der Waals surface area contributed by atoms with Crippen molar-refractivity contribution in [3.05, 3.63) is 46.3 Å². The number of amides is 1. The van der Waals surface area contributed by atoms with Crippen LogP contribution in [0.3, 0.4) is 0 Å². The molecule has 1 aromatic carbocycles. The fourth-order valence-corrected chi connectivity index (χ4v) is 4.43. The number of aromatic nitrogens is 3. The van der Waals surface area contributed by atoms with E-state index in [9.17, 15) is 4.79 Å². The number of thiophene rings is 1. The van der Waals surface area contributed by atoms with E-state index in [1.807, 2.05) is 49.7 Å². The van der Waals surface area contributed by atoms with Gasteiger partial charge in [-0.25, -0.2) is 4.98 Å². The minimum atomic E-state index is -0.152. The standard InChI is InChI=1S/C18H16N4O2S2/c1-10-13-8-15(26-17(13)22(2)21-10)16(23)20-18-19-14(9-25-18)11-4-6-12(24-3)7-5-11/h4-9H,1-3H3,(H,19,20,23). The highest BCUT2D eigenvalue weighted by atomic mass is 32.1. The highest BCUT2D eigenvalue weighted by Crippen LogP contribution is 2.30. The molecule has 6 nitrogen and oxygen atoms in total. The van der Waals surface area contributed by atoms with E-state index in [-0.39, 0.29) is 5.91 Å². The van der Waals surface area contributed by atoms with Crippen LogP contribution in [0.15, 0.2) is 35.7 Å². The first-order valence-corrected chi connectivity index (χ1v) is 9.59. The highest BCUT2D eigenvalue weighted by molar-refractivity contribution is 7.20. The van der Waals surface area contributed by atoms with E-state index in [2.05, 4.69) is 15.4 Å². The van der Waals surface area contributed by atoms with E-state index in [1.165, 1.54) is 22.7 Å². The molecule has 8 heteroatoms. The van der Waals surface area contributed by atoms with Crippen molar-refractivity contribution in [2.75, 3.05) is 12.4 Å². The summed E-state index contributed by atoms with van der Waals surface area (Å²) in [5.41, 5.74) is 2.73. The Bertz CT molecular complexity index is 1060. The van der Waals surface area contributed by atoms with E-state index >= 15 is 0 Å². The lowest BCUT2D eigenvalue weighted by Gasteiger charge is -2.01. The summed E-state index contributed by atoms with van der Waals surface area (Å²) >= 11 is 2.84. The SMILES string of the molecule is COc1ccc(-c2csc(NC(=O)c3cc4c(C)nn(C)c4s3)n2)cc1. The summed E-state index contributed by atoms with van der Waals surface area (Å²) in [5, 5.41) is 10.8. The Labute approximate surface area is 158 Å². The Hall–Kier alpha value is -2.71. The molecule has 0 saturated heterocycles. The quantitative estimate of drug-likeness (QED) is 0.569. The number of hydrogen-bond donors (Lipinski definition) is 1. The summed E-state index contributed by atoms with van der Waals surface area (Å²) in [4.78, 5) is 18.7. The molecule has 0 bridgehead atoms. The Balaban J connectivity index is 1.53. The maximum atomic E-state index is 12.6. The zero-order valence-electron chi connectivity index (χ0n) is 14.4. The lowest BCUT2D eigenvalue weighted by molar-refractivity contribution is 0.103. The minimum absolute atomic E-state index is 0.152. The molecule has 0 atom stereocenters. The van der Waals surface area contributed by atoms with Gasteiger partial charge in [-0.3, -0.25) is 14.8 Å². The Morgan fingerprint density at radius 2 is 2.04 bits per heavy atom. The number of nitrogens with zero attached hydrogens (tertiary/aromatic N) is 3. The zero-order chi connectivity index (χ0) is 18.3. The topological polar surface area (TPSA) is 69.0 Å². The number of carbonyl (C=O) groups excluding carboxylic acids is 1. The van der Waals surface area contributed by atoms with Gasteiger partial charge in [0.15, 0.2) is 5.13 Å². The molecule has 0 radical (unpaired) electrons. The molecule has 0 aliphatic rings. The number of anilines is 1. The smallest absolute Gasteiger partial charge is 0.267 e. The zero-order valence-corrected chi connectivity index (χ0v) is 16.1. The van der Waals surface area contributed by atoms with Gasteiger partial charge in [-0.15, -0.1) is 22.7 Å². The van der Waals surface area contributed by atoms with E-state index in [0.29, 0.717) is 10.0 Å². The summed E-state index contributed by atoms with van der Waals surface area (Å²) in [6, 6.07) is 9.55. The molecule has 0 aliphatic heterocycles. The van der Waals surface area contributed by atoms with Gasteiger partial charge in [0.05, 0.1) is 23.4 Å². The predicted molar refractivity (Wildman–Crippen MR) is 105 cm³/mol. The number of fused-ring (bicyclic) bond motifs is 1. The lowest BCUT2D eigenvalue weighted by atomic mass is 10.2. The molecule has 3 heterocycles. The molecule has 3 aromatic heterocycles. The van der Waals surface area contributed by atoms with Gasteiger partial charge >= 0.3 is 0 Å². The number of carbonyl (C=O) groups is 1.